The number of carbonyl (C=O) groups excluding carboxylic acids is 1. The topological polar surface area (TPSA) is 73.5 Å². The average molecular weight is 401 g/mol. The maximum atomic E-state index is 13.2. The van der Waals surface area contributed by atoms with E-state index in [4.69, 9.17) is 4.74 Å². The third-order valence-corrected chi connectivity index (χ3v) is 5.66. The monoisotopic (exact) mass is 401 g/mol. The van der Waals surface area contributed by atoms with Gasteiger partial charge in [-0.1, -0.05) is 18.2 Å². The van der Waals surface area contributed by atoms with Crippen molar-refractivity contribution in [2.24, 2.45) is 0 Å². The van der Waals surface area contributed by atoms with Crippen molar-refractivity contribution in [1.29, 1.82) is 0 Å². The minimum atomic E-state index is -0.498. The molecule has 0 fully saturated rings. The van der Waals surface area contributed by atoms with Crippen molar-refractivity contribution in [3.8, 4) is 5.75 Å². The van der Waals surface area contributed by atoms with Crippen LogP contribution in [0.3, 0.4) is 0 Å². The highest BCUT2D eigenvalue weighted by molar-refractivity contribution is 7.17. The van der Waals surface area contributed by atoms with Gasteiger partial charge in [0, 0.05) is 18.7 Å². The van der Waals surface area contributed by atoms with Crippen LogP contribution in [0.1, 0.15) is 19.4 Å². The van der Waals surface area contributed by atoms with Crippen LogP contribution in [-0.4, -0.2) is 40.1 Å². The smallest absolute Gasteiger partial charge is 0.332 e. The van der Waals surface area contributed by atoms with Crippen molar-refractivity contribution in [3.05, 3.63) is 62.1 Å². The maximum Gasteiger partial charge on any atom is 0.332 e. The van der Waals surface area contributed by atoms with Gasteiger partial charge >= 0.3 is 5.69 Å². The maximum absolute atomic E-state index is 13.2. The van der Waals surface area contributed by atoms with Crippen LogP contribution in [0.4, 0.5) is 0 Å². The molecule has 1 amide bonds. The Hall–Kier alpha value is -2.87. The fourth-order valence-electron chi connectivity index (χ4n) is 3.24. The lowest BCUT2D eigenvalue weighted by Gasteiger charge is -2.20. The Morgan fingerprint density at radius 2 is 1.82 bits per heavy atom. The minimum Gasteiger partial charge on any atom is -0.496 e. The lowest BCUT2D eigenvalue weighted by Crippen LogP contribution is -2.43. The van der Waals surface area contributed by atoms with Gasteiger partial charge in [-0.05, 0) is 31.4 Å². The highest BCUT2D eigenvalue weighted by atomic mass is 32.1. The molecule has 0 N–H and O–H groups in total. The van der Waals surface area contributed by atoms with E-state index < -0.39 is 5.69 Å². The molecule has 8 heteroatoms. The Balaban J connectivity index is 2.13. The molecule has 0 bridgehead atoms. The first-order chi connectivity index (χ1) is 13.5. The number of para-hydroxylation sites is 1. The molecule has 3 rings (SSSR count). The van der Waals surface area contributed by atoms with Gasteiger partial charge in [0.15, 0.2) is 0 Å². The summed E-state index contributed by atoms with van der Waals surface area (Å²) in [6.45, 7) is 4.91. The van der Waals surface area contributed by atoms with Gasteiger partial charge in [-0.25, -0.2) is 4.79 Å². The second-order valence-corrected chi connectivity index (χ2v) is 7.19. The fourth-order valence-corrected chi connectivity index (χ4v) is 4.08. The molecule has 0 saturated heterocycles. The highest BCUT2D eigenvalue weighted by Crippen LogP contribution is 2.19. The number of thiophene rings is 1. The molecule has 2 heterocycles. The average Bonchev–Trinajstić information content (AvgIpc) is 3.19. The van der Waals surface area contributed by atoms with Crippen molar-refractivity contribution in [2.75, 3.05) is 20.2 Å². The first kappa shape index (κ1) is 19.9. The number of hydrogen-bond acceptors (Lipinski definition) is 5. The van der Waals surface area contributed by atoms with Gasteiger partial charge in [0.25, 0.3) is 5.56 Å². The van der Waals surface area contributed by atoms with Crippen molar-refractivity contribution < 1.29 is 9.53 Å². The molecule has 3 aromatic rings. The molecule has 0 spiro atoms. The summed E-state index contributed by atoms with van der Waals surface area (Å²) in [6, 6.07) is 8.97. The summed E-state index contributed by atoms with van der Waals surface area (Å²) < 4.78 is 8.37. The summed E-state index contributed by atoms with van der Waals surface area (Å²) in [5.41, 5.74) is 0.369. The second-order valence-electron chi connectivity index (χ2n) is 6.27. The zero-order valence-corrected chi connectivity index (χ0v) is 17.0. The molecular weight excluding hydrogens is 378 g/mol. The molecule has 0 saturated carbocycles. The Morgan fingerprint density at radius 1 is 1.11 bits per heavy atom. The van der Waals surface area contributed by atoms with Gasteiger partial charge in [-0.2, -0.15) is 0 Å². The van der Waals surface area contributed by atoms with Gasteiger partial charge in [0.05, 0.1) is 19.2 Å². The summed E-state index contributed by atoms with van der Waals surface area (Å²) in [5.74, 6) is 0.452. The number of methoxy groups -OCH3 is 1. The Kier molecular flexibility index (Phi) is 5.99. The Morgan fingerprint density at radius 3 is 2.50 bits per heavy atom. The SMILES string of the molecule is CCN(CC)C(=O)Cn1c(=O)n(Cc2ccccc2OC)c(=O)c2sccc21. The van der Waals surface area contributed by atoms with Gasteiger partial charge in [-0.3, -0.25) is 18.7 Å². The Bertz CT molecular complexity index is 1110. The Labute approximate surface area is 166 Å². The minimum absolute atomic E-state index is 0.0784. The molecule has 0 aliphatic rings. The highest BCUT2D eigenvalue weighted by Gasteiger charge is 2.19. The molecule has 0 aliphatic heterocycles. The summed E-state index contributed by atoms with van der Waals surface area (Å²) in [7, 11) is 1.55. The predicted octanol–water partition coefficient (Wildman–Crippen LogP) is 2.15. The lowest BCUT2D eigenvalue weighted by molar-refractivity contribution is -0.131. The van der Waals surface area contributed by atoms with E-state index >= 15 is 0 Å². The number of amides is 1. The van der Waals surface area contributed by atoms with Crippen LogP contribution in [0.15, 0.2) is 45.3 Å². The molecular formula is C20H23N3O4S. The van der Waals surface area contributed by atoms with Gasteiger partial charge in [-0.15, -0.1) is 11.3 Å². The molecule has 0 radical (unpaired) electrons. The van der Waals surface area contributed by atoms with Gasteiger partial charge in [0.1, 0.15) is 17.0 Å². The van der Waals surface area contributed by atoms with E-state index in [0.29, 0.717) is 29.1 Å². The van der Waals surface area contributed by atoms with Crippen molar-refractivity contribution in [3.63, 3.8) is 0 Å². The van der Waals surface area contributed by atoms with Crippen LogP contribution >= 0.6 is 11.3 Å². The molecule has 1 aromatic carbocycles. The van der Waals surface area contributed by atoms with Crippen LogP contribution in [0.5, 0.6) is 5.75 Å². The first-order valence-corrected chi connectivity index (χ1v) is 10.00. The van der Waals surface area contributed by atoms with Crippen molar-refractivity contribution >= 4 is 27.5 Å². The molecule has 0 unspecified atom stereocenters. The van der Waals surface area contributed by atoms with Crippen LogP contribution in [0.2, 0.25) is 0 Å². The van der Waals surface area contributed by atoms with Crippen LogP contribution in [-0.2, 0) is 17.9 Å². The normalized spacial score (nSPS) is 11.0. The molecule has 28 heavy (non-hydrogen) atoms. The zero-order valence-electron chi connectivity index (χ0n) is 16.2. The third-order valence-electron chi connectivity index (χ3n) is 4.77. The van der Waals surface area contributed by atoms with E-state index in [2.05, 4.69) is 0 Å². The number of likely N-dealkylation sites (N-methyl/N-ethyl adjacent to an activating group) is 1. The first-order valence-electron chi connectivity index (χ1n) is 9.12. The van der Waals surface area contributed by atoms with Gasteiger partial charge in [0.2, 0.25) is 5.91 Å². The van der Waals surface area contributed by atoms with Crippen LogP contribution < -0.4 is 16.0 Å². The quantitative estimate of drug-likeness (QED) is 0.608. The fraction of sp³-hybridized carbons (Fsp3) is 0.350. The molecule has 7 nitrogen and oxygen atoms in total. The van der Waals surface area contributed by atoms with Crippen LogP contribution in [0, 0.1) is 0 Å². The van der Waals surface area contributed by atoms with Crippen LogP contribution in [0.25, 0.3) is 10.2 Å². The van der Waals surface area contributed by atoms with E-state index in [1.54, 1.807) is 29.5 Å². The molecule has 148 valence electrons. The number of hydrogen-bond donors (Lipinski definition) is 0. The van der Waals surface area contributed by atoms with E-state index in [0.717, 1.165) is 5.56 Å². The number of nitrogens with zero attached hydrogens (tertiary/aromatic N) is 3. The van der Waals surface area contributed by atoms with Crippen molar-refractivity contribution in [1.82, 2.24) is 14.0 Å². The summed E-state index contributed by atoms with van der Waals surface area (Å²) >= 11 is 1.27. The summed E-state index contributed by atoms with van der Waals surface area (Å²) in [5, 5.41) is 1.76. The number of fused-ring (bicyclic) bond motifs is 1. The number of benzene rings is 1. The standard InChI is InChI=1S/C20H23N3O4S/c1-4-21(5-2)17(24)13-22-15-10-11-28-18(15)19(25)23(20(22)26)12-14-8-6-7-9-16(14)27-3/h6-11H,4-5,12-13H2,1-3H3. The van der Waals surface area contributed by atoms with E-state index in [9.17, 15) is 14.4 Å². The molecule has 2 aromatic heterocycles. The number of ether oxygens (including phenoxy) is 1. The van der Waals surface area contributed by atoms with Gasteiger partial charge < -0.3 is 9.64 Å². The number of carbonyl (C=O) groups is 1. The molecule has 0 aliphatic carbocycles. The van der Waals surface area contributed by atoms with E-state index in [1.165, 1.54) is 20.5 Å². The lowest BCUT2D eigenvalue weighted by atomic mass is 10.2. The van der Waals surface area contributed by atoms with Crippen molar-refractivity contribution in [2.45, 2.75) is 26.9 Å². The largest absolute Gasteiger partial charge is 0.496 e. The summed E-state index contributed by atoms with van der Waals surface area (Å²) in [4.78, 5) is 40.4. The number of rotatable bonds is 7. The van der Waals surface area contributed by atoms with E-state index in [1.807, 2.05) is 32.0 Å². The summed E-state index contributed by atoms with van der Waals surface area (Å²) in [6.07, 6.45) is 0. The van der Waals surface area contributed by atoms with E-state index in [-0.39, 0.29) is 24.6 Å². The third kappa shape index (κ3) is 3.60. The zero-order chi connectivity index (χ0) is 20.3. The number of aromatic nitrogens is 2. The second kappa shape index (κ2) is 8.43. The molecule has 0 atom stereocenters. The predicted molar refractivity (Wildman–Crippen MR) is 110 cm³/mol.